The first kappa shape index (κ1) is 16.1. The van der Waals surface area contributed by atoms with Gasteiger partial charge in [-0.1, -0.05) is 0 Å². The van der Waals surface area contributed by atoms with Gasteiger partial charge in [0.25, 0.3) is 0 Å². The van der Waals surface area contributed by atoms with Gasteiger partial charge in [0.2, 0.25) is 0 Å². The topological polar surface area (TPSA) is 34.5 Å². The zero-order chi connectivity index (χ0) is 16.7. The van der Waals surface area contributed by atoms with Gasteiger partial charge in [-0.15, -0.1) is 0 Å². The van der Waals surface area contributed by atoms with Crippen molar-refractivity contribution in [2.45, 2.75) is 52.7 Å². The van der Waals surface area contributed by atoms with Gasteiger partial charge in [-0.2, -0.15) is 0 Å². The number of carbonyl (C=O) groups is 1. The standard InChI is InChI=1S/C19H26N2O2/c1-12(2)21-10-14-8-17-16(6-7-19(22)23-5)13(3)20(4)18(17)9-15(14)11-21/h8-9,12H,6-7,10-11H2,1-5H3. The number of fused-ring (bicyclic) bond motifs is 2. The molecule has 1 aromatic carbocycles. The number of aryl methyl sites for hydroxylation is 2. The summed E-state index contributed by atoms with van der Waals surface area (Å²) < 4.78 is 7.04. The maximum atomic E-state index is 11.5. The normalized spacial score (nSPS) is 14.7. The molecule has 0 saturated heterocycles. The molecule has 0 saturated carbocycles. The third kappa shape index (κ3) is 2.76. The summed E-state index contributed by atoms with van der Waals surface area (Å²) >= 11 is 0. The van der Waals surface area contributed by atoms with E-state index in [1.54, 1.807) is 0 Å². The number of hydrogen-bond acceptors (Lipinski definition) is 3. The van der Waals surface area contributed by atoms with Gasteiger partial charge in [0.1, 0.15) is 0 Å². The molecule has 1 aromatic heterocycles. The number of esters is 1. The highest BCUT2D eigenvalue weighted by atomic mass is 16.5. The Labute approximate surface area is 138 Å². The minimum atomic E-state index is -0.145. The summed E-state index contributed by atoms with van der Waals surface area (Å²) in [7, 11) is 3.56. The number of methoxy groups -OCH3 is 1. The maximum Gasteiger partial charge on any atom is 0.305 e. The Morgan fingerprint density at radius 1 is 1.26 bits per heavy atom. The molecule has 0 atom stereocenters. The van der Waals surface area contributed by atoms with E-state index < -0.39 is 0 Å². The third-order valence-electron chi connectivity index (χ3n) is 5.23. The molecule has 2 heterocycles. The molecule has 1 aliphatic rings. The molecule has 1 aliphatic heterocycles. The van der Waals surface area contributed by atoms with E-state index >= 15 is 0 Å². The summed E-state index contributed by atoms with van der Waals surface area (Å²) in [5.41, 5.74) is 6.65. The minimum absolute atomic E-state index is 0.145. The molecular formula is C19H26N2O2. The Hall–Kier alpha value is -1.81. The predicted octanol–water partition coefficient (Wildman–Crippen LogP) is 3.32. The van der Waals surface area contributed by atoms with Crippen LogP contribution < -0.4 is 0 Å². The van der Waals surface area contributed by atoms with Crippen LogP contribution in [0.15, 0.2) is 12.1 Å². The first-order chi connectivity index (χ1) is 10.9. The van der Waals surface area contributed by atoms with Crippen molar-refractivity contribution in [1.29, 1.82) is 0 Å². The van der Waals surface area contributed by atoms with Crippen molar-refractivity contribution in [3.63, 3.8) is 0 Å². The molecule has 0 fully saturated rings. The van der Waals surface area contributed by atoms with Crippen molar-refractivity contribution >= 4 is 16.9 Å². The zero-order valence-corrected chi connectivity index (χ0v) is 14.8. The van der Waals surface area contributed by atoms with Crippen molar-refractivity contribution in [2.24, 2.45) is 7.05 Å². The lowest BCUT2D eigenvalue weighted by Crippen LogP contribution is -2.24. The number of rotatable bonds is 4. The molecule has 0 amide bonds. The summed E-state index contributed by atoms with van der Waals surface area (Å²) in [5, 5.41) is 1.29. The molecule has 2 aromatic rings. The second kappa shape index (κ2) is 6.00. The summed E-state index contributed by atoms with van der Waals surface area (Å²) in [6.07, 6.45) is 1.17. The number of nitrogens with zero attached hydrogens (tertiary/aromatic N) is 2. The zero-order valence-electron chi connectivity index (χ0n) is 14.8. The van der Waals surface area contributed by atoms with Crippen LogP contribution in [-0.4, -0.2) is 28.6 Å². The fourth-order valence-electron chi connectivity index (χ4n) is 3.57. The lowest BCUT2D eigenvalue weighted by atomic mass is 10.0. The second-order valence-electron chi connectivity index (χ2n) is 6.84. The molecular weight excluding hydrogens is 288 g/mol. The first-order valence-corrected chi connectivity index (χ1v) is 8.33. The van der Waals surface area contributed by atoms with E-state index in [1.807, 2.05) is 0 Å². The van der Waals surface area contributed by atoms with Crippen molar-refractivity contribution in [1.82, 2.24) is 9.47 Å². The first-order valence-electron chi connectivity index (χ1n) is 8.33. The van der Waals surface area contributed by atoms with Crippen LogP contribution in [0.1, 0.15) is 42.7 Å². The van der Waals surface area contributed by atoms with Gasteiger partial charge in [-0.25, -0.2) is 0 Å². The number of aromatic nitrogens is 1. The molecule has 0 aliphatic carbocycles. The van der Waals surface area contributed by atoms with Crippen LogP contribution in [0.4, 0.5) is 0 Å². The van der Waals surface area contributed by atoms with Crippen molar-refractivity contribution in [2.75, 3.05) is 7.11 Å². The number of ether oxygens (including phenoxy) is 1. The lowest BCUT2D eigenvalue weighted by molar-refractivity contribution is -0.140. The van der Waals surface area contributed by atoms with Crippen LogP contribution >= 0.6 is 0 Å². The molecule has 0 unspecified atom stereocenters. The van der Waals surface area contributed by atoms with Crippen LogP contribution in [0.25, 0.3) is 10.9 Å². The second-order valence-corrected chi connectivity index (χ2v) is 6.84. The fraction of sp³-hybridized carbons (Fsp3) is 0.526. The average Bonchev–Trinajstić information content (AvgIpc) is 3.04. The van der Waals surface area contributed by atoms with Crippen molar-refractivity contribution < 1.29 is 9.53 Å². The van der Waals surface area contributed by atoms with Gasteiger partial charge in [0.05, 0.1) is 7.11 Å². The molecule has 4 nitrogen and oxygen atoms in total. The summed E-state index contributed by atoms with van der Waals surface area (Å²) in [5.74, 6) is -0.145. The number of hydrogen-bond donors (Lipinski definition) is 0. The molecule has 0 N–H and O–H groups in total. The Morgan fingerprint density at radius 2 is 1.91 bits per heavy atom. The molecule has 3 rings (SSSR count). The highest BCUT2D eigenvalue weighted by Gasteiger charge is 2.23. The Kier molecular flexibility index (Phi) is 4.19. The SMILES string of the molecule is COC(=O)CCc1c(C)n(C)c2cc3c(cc12)CN(C(C)C)C3. The van der Waals surface area contributed by atoms with E-state index in [0.29, 0.717) is 12.5 Å². The number of carbonyl (C=O) groups excluding carboxylic acids is 1. The quantitative estimate of drug-likeness (QED) is 0.812. The van der Waals surface area contributed by atoms with Crippen LogP contribution in [-0.2, 0) is 36.1 Å². The van der Waals surface area contributed by atoms with Crippen LogP contribution in [0.2, 0.25) is 0 Å². The predicted molar refractivity (Wildman–Crippen MR) is 92.4 cm³/mol. The largest absolute Gasteiger partial charge is 0.469 e. The van der Waals surface area contributed by atoms with Gasteiger partial charge in [-0.05, 0) is 56.0 Å². The van der Waals surface area contributed by atoms with E-state index in [-0.39, 0.29) is 5.97 Å². The van der Waals surface area contributed by atoms with Gasteiger partial charge in [-0.3, -0.25) is 9.69 Å². The Bertz CT molecular complexity index is 759. The van der Waals surface area contributed by atoms with Gasteiger partial charge in [0.15, 0.2) is 0 Å². The lowest BCUT2D eigenvalue weighted by Gasteiger charge is -2.18. The van der Waals surface area contributed by atoms with E-state index in [9.17, 15) is 4.79 Å². The average molecular weight is 314 g/mol. The van der Waals surface area contributed by atoms with Crippen molar-refractivity contribution in [3.05, 3.63) is 34.5 Å². The third-order valence-corrected chi connectivity index (χ3v) is 5.23. The Morgan fingerprint density at radius 3 is 2.52 bits per heavy atom. The molecule has 4 heteroatoms. The van der Waals surface area contributed by atoms with Crippen molar-refractivity contribution in [3.8, 4) is 0 Å². The van der Waals surface area contributed by atoms with E-state index in [2.05, 4.69) is 49.4 Å². The van der Waals surface area contributed by atoms with E-state index in [0.717, 1.165) is 19.5 Å². The van der Waals surface area contributed by atoms with Crippen LogP contribution in [0.3, 0.4) is 0 Å². The summed E-state index contributed by atoms with van der Waals surface area (Å²) in [4.78, 5) is 14.0. The van der Waals surface area contributed by atoms with Crippen LogP contribution in [0.5, 0.6) is 0 Å². The number of benzene rings is 1. The summed E-state index contributed by atoms with van der Waals surface area (Å²) in [6, 6.07) is 5.24. The molecule has 124 valence electrons. The molecule has 0 bridgehead atoms. The highest BCUT2D eigenvalue weighted by Crippen LogP contribution is 2.33. The van der Waals surface area contributed by atoms with Gasteiger partial charge < -0.3 is 9.30 Å². The molecule has 0 spiro atoms. The Balaban J connectivity index is 2.01. The fourth-order valence-corrected chi connectivity index (χ4v) is 3.57. The van der Waals surface area contributed by atoms with E-state index in [1.165, 1.54) is 40.4 Å². The van der Waals surface area contributed by atoms with Crippen LogP contribution in [0, 0.1) is 6.92 Å². The maximum absolute atomic E-state index is 11.5. The molecule has 23 heavy (non-hydrogen) atoms. The smallest absolute Gasteiger partial charge is 0.305 e. The van der Waals surface area contributed by atoms with Gasteiger partial charge >= 0.3 is 5.97 Å². The van der Waals surface area contributed by atoms with Gasteiger partial charge in [0, 0.05) is 49.2 Å². The monoisotopic (exact) mass is 314 g/mol. The van der Waals surface area contributed by atoms with E-state index in [4.69, 9.17) is 4.74 Å². The summed E-state index contributed by atoms with van der Waals surface area (Å²) in [6.45, 7) is 8.69. The highest BCUT2D eigenvalue weighted by molar-refractivity contribution is 5.87. The molecule has 0 radical (unpaired) electrons. The minimum Gasteiger partial charge on any atom is -0.469 e.